The van der Waals surface area contributed by atoms with E-state index in [1.54, 1.807) is 0 Å². The topological polar surface area (TPSA) is 77.8 Å². The summed E-state index contributed by atoms with van der Waals surface area (Å²) in [5, 5.41) is 27.0. The minimum atomic E-state index is -1.01. The van der Waals surface area contributed by atoms with Crippen molar-refractivity contribution in [3.8, 4) is 11.5 Å². The average molecular weight is 182 g/mol. The number of carboxylic acids is 1. The van der Waals surface area contributed by atoms with Crippen molar-refractivity contribution in [3.63, 3.8) is 0 Å². The molecule has 0 atom stereocenters. The van der Waals surface area contributed by atoms with Crippen LogP contribution < -0.4 is 0 Å². The van der Waals surface area contributed by atoms with E-state index < -0.39 is 5.97 Å². The van der Waals surface area contributed by atoms with E-state index in [0.717, 1.165) is 0 Å². The Balaban J connectivity index is 3.10. The first-order chi connectivity index (χ1) is 6.02. The van der Waals surface area contributed by atoms with E-state index in [9.17, 15) is 9.90 Å². The summed E-state index contributed by atoms with van der Waals surface area (Å²) in [5.74, 6) is -1.20. The predicted octanol–water partition coefficient (Wildman–Crippen LogP) is 1.03. The van der Waals surface area contributed by atoms with Gasteiger partial charge in [-0.15, -0.1) is 0 Å². The van der Waals surface area contributed by atoms with E-state index in [4.69, 9.17) is 10.2 Å². The van der Waals surface area contributed by atoms with Gasteiger partial charge in [-0.3, -0.25) is 4.79 Å². The molecule has 0 saturated heterocycles. The standard InChI is InChI=1S/C9H10O4/c1-5-7(10)3-2-6(9(5)13)4-8(11)12/h2-3,10,13H,4H2,1H3,(H,11,12). The lowest BCUT2D eigenvalue weighted by Crippen LogP contribution is -2.00. The molecular weight excluding hydrogens is 172 g/mol. The van der Waals surface area contributed by atoms with Gasteiger partial charge in [-0.1, -0.05) is 6.07 Å². The lowest BCUT2D eigenvalue weighted by molar-refractivity contribution is -0.136. The van der Waals surface area contributed by atoms with E-state index in [1.165, 1.54) is 19.1 Å². The summed E-state index contributed by atoms with van der Waals surface area (Å²) in [6.45, 7) is 1.52. The Hall–Kier alpha value is -1.71. The number of phenols is 2. The van der Waals surface area contributed by atoms with E-state index in [1.807, 2.05) is 0 Å². The molecule has 0 radical (unpaired) electrons. The van der Waals surface area contributed by atoms with Crippen LogP contribution in [-0.4, -0.2) is 21.3 Å². The van der Waals surface area contributed by atoms with Crippen molar-refractivity contribution in [3.05, 3.63) is 23.3 Å². The molecule has 0 bridgehead atoms. The second kappa shape index (κ2) is 3.35. The van der Waals surface area contributed by atoms with Gasteiger partial charge in [-0.05, 0) is 13.0 Å². The van der Waals surface area contributed by atoms with Crippen LogP contribution in [0.1, 0.15) is 11.1 Å². The van der Waals surface area contributed by atoms with E-state index in [2.05, 4.69) is 0 Å². The van der Waals surface area contributed by atoms with E-state index in [0.29, 0.717) is 11.1 Å². The molecule has 1 aromatic rings. The molecule has 4 nitrogen and oxygen atoms in total. The Kier molecular flexibility index (Phi) is 2.41. The first-order valence-electron chi connectivity index (χ1n) is 3.74. The molecule has 0 aliphatic rings. The number of hydrogen-bond donors (Lipinski definition) is 3. The fraction of sp³-hybridized carbons (Fsp3) is 0.222. The quantitative estimate of drug-likeness (QED) is 0.638. The molecule has 0 amide bonds. The molecule has 0 saturated carbocycles. The molecule has 0 aliphatic carbocycles. The van der Waals surface area contributed by atoms with Gasteiger partial charge in [0.1, 0.15) is 11.5 Å². The monoisotopic (exact) mass is 182 g/mol. The molecule has 0 fully saturated rings. The van der Waals surface area contributed by atoms with Crippen LogP contribution in [0.25, 0.3) is 0 Å². The van der Waals surface area contributed by atoms with Crippen molar-refractivity contribution >= 4 is 5.97 Å². The summed E-state index contributed by atoms with van der Waals surface area (Å²) < 4.78 is 0. The zero-order chi connectivity index (χ0) is 10.0. The van der Waals surface area contributed by atoms with Crippen molar-refractivity contribution in [2.45, 2.75) is 13.3 Å². The highest BCUT2D eigenvalue weighted by Gasteiger charge is 2.10. The van der Waals surface area contributed by atoms with Crippen molar-refractivity contribution in [2.75, 3.05) is 0 Å². The summed E-state index contributed by atoms with van der Waals surface area (Å²) in [6.07, 6.45) is -0.243. The van der Waals surface area contributed by atoms with Gasteiger partial charge in [0.15, 0.2) is 0 Å². The summed E-state index contributed by atoms with van der Waals surface area (Å²) >= 11 is 0. The smallest absolute Gasteiger partial charge is 0.307 e. The fourth-order valence-corrected chi connectivity index (χ4v) is 1.05. The van der Waals surface area contributed by atoms with Crippen LogP contribution in [-0.2, 0) is 11.2 Å². The molecule has 13 heavy (non-hydrogen) atoms. The third-order valence-corrected chi connectivity index (χ3v) is 1.83. The van der Waals surface area contributed by atoms with Gasteiger partial charge in [0.2, 0.25) is 0 Å². The Morgan fingerprint density at radius 2 is 2.00 bits per heavy atom. The fourth-order valence-electron chi connectivity index (χ4n) is 1.05. The van der Waals surface area contributed by atoms with Gasteiger partial charge in [-0.2, -0.15) is 0 Å². The van der Waals surface area contributed by atoms with Crippen LogP contribution in [0.15, 0.2) is 12.1 Å². The minimum Gasteiger partial charge on any atom is -0.508 e. The number of carbonyl (C=O) groups is 1. The summed E-state index contributed by atoms with van der Waals surface area (Å²) in [6, 6.07) is 2.76. The maximum Gasteiger partial charge on any atom is 0.307 e. The van der Waals surface area contributed by atoms with Crippen LogP contribution in [0.2, 0.25) is 0 Å². The number of rotatable bonds is 2. The number of carboxylic acid groups (broad SMARTS) is 1. The minimum absolute atomic E-state index is 0.0355. The molecule has 0 heterocycles. The first kappa shape index (κ1) is 9.38. The first-order valence-corrected chi connectivity index (χ1v) is 3.74. The summed E-state index contributed by atoms with van der Waals surface area (Å²) in [5.41, 5.74) is 0.613. The zero-order valence-corrected chi connectivity index (χ0v) is 7.11. The molecule has 4 heteroatoms. The molecular formula is C9H10O4. The Labute approximate surface area is 75.1 Å². The lowest BCUT2D eigenvalue weighted by atomic mass is 10.1. The van der Waals surface area contributed by atoms with Crippen molar-refractivity contribution in [2.24, 2.45) is 0 Å². The number of aromatic hydroxyl groups is 2. The third kappa shape index (κ3) is 1.90. The predicted molar refractivity (Wildman–Crippen MR) is 45.8 cm³/mol. The summed E-state index contributed by atoms with van der Waals surface area (Å²) in [4.78, 5) is 10.3. The highest BCUT2D eigenvalue weighted by Crippen LogP contribution is 2.29. The number of phenolic OH excluding ortho intramolecular Hbond substituents is 2. The number of aliphatic carboxylic acids is 1. The van der Waals surface area contributed by atoms with Crippen LogP contribution in [0.5, 0.6) is 11.5 Å². The third-order valence-electron chi connectivity index (χ3n) is 1.83. The second-order valence-electron chi connectivity index (χ2n) is 2.79. The van der Waals surface area contributed by atoms with Gasteiger partial charge < -0.3 is 15.3 Å². The highest BCUT2D eigenvalue weighted by atomic mass is 16.4. The van der Waals surface area contributed by atoms with Crippen molar-refractivity contribution < 1.29 is 20.1 Å². The molecule has 1 aromatic carbocycles. The van der Waals surface area contributed by atoms with Gasteiger partial charge in [0, 0.05) is 11.1 Å². The van der Waals surface area contributed by atoms with E-state index in [-0.39, 0.29) is 17.9 Å². The Morgan fingerprint density at radius 3 is 2.54 bits per heavy atom. The second-order valence-corrected chi connectivity index (χ2v) is 2.79. The largest absolute Gasteiger partial charge is 0.508 e. The van der Waals surface area contributed by atoms with E-state index >= 15 is 0 Å². The summed E-state index contributed by atoms with van der Waals surface area (Å²) in [7, 11) is 0. The molecule has 1 rings (SSSR count). The molecule has 0 spiro atoms. The van der Waals surface area contributed by atoms with Gasteiger partial charge >= 0.3 is 5.97 Å². The normalized spacial score (nSPS) is 9.92. The SMILES string of the molecule is Cc1c(O)ccc(CC(=O)O)c1O. The number of benzene rings is 1. The lowest BCUT2D eigenvalue weighted by Gasteiger charge is -2.06. The zero-order valence-electron chi connectivity index (χ0n) is 7.11. The average Bonchev–Trinajstić information content (AvgIpc) is 2.06. The maximum absolute atomic E-state index is 10.3. The van der Waals surface area contributed by atoms with Crippen molar-refractivity contribution in [1.29, 1.82) is 0 Å². The van der Waals surface area contributed by atoms with Crippen LogP contribution in [0.3, 0.4) is 0 Å². The van der Waals surface area contributed by atoms with Crippen molar-refractivity contribution in [1.82, 2.24) is 0 Å². The van der Waals surface area contributed by atoms with Crippen LogP contribution in [0, 0.1) is 6.92 Å². The van der Waals surface area contributed by atoms with Crippen LogP contribution in [0.4, 0.5) is 0 Å². The molecule has 0 unspecified atom stereocenters. The number of hydrogen-bond acceptors (Lipinski definition) is 3. The molecule has 0 aromatic heterocycles. The Bertz CT molecular complexity index is 344. The van der Waals surface area contributed by atoms with Gasteiger partial charge in [0.25, 0.3) is 0 Å². The maximum atomic E-state index is 10.3. The highest BCUT2D eigenvalue weighted by molar-refractivity contribution is 5.72. The Morgan fingerprint density at radius 1 is 1.38 bits per heavy atom. The van der Waals surface area contributed by atoms with Gasteiger partial charge in [-0.25, -0.2) is 0 Å². The molecule has 3 N–H and O–H groups in total. The molecule has 0 aliphatic heterocycles. The molecule has 70 valence electrons. The van der Waals surface area contributed by atoms with Gasteiger partial charge in [0.05, 0.1) is 6.42 Å². The van der Waals surface area contributed by atoms with Crippen LogP contribution >= 0.6 is 0 Å².